The van der Waals surface area contributed by atoms with Crippen LogP contribution in [0.2, 0.25) is 0 Å². The summed E-state index contributed by atoms with van der Waals surface area (Å²) in [5.74, 6) is -0.261. The molecule has 0 radical (unpaired) electrons. The van der Waals surface area contributed by atoms with Crippen LogP contribution >= 0.6 is 0 Å². The Hall–Kier alpha value is -3.10. The Balaban J connectivity index is 1.75. The van der Waals surface area contributed by atoms with E-state index in [1.54, 1.807) is 30.0 Å². The number of carbonyl (C=O) groups excluding carboxylic acids is 2. The van der Waals surface area contributed by atoms with Gasteiger partial charge in [0.05, 0.1) is 18.1 Å². The van der Waals surface area contributed by atoms with Gasteiger partial charge in [0.2, 0.25) is 0 Å². The van der Waals surface area contributed by atoms with Gasteiger partial charge in [-0.3, -0.25) is 14.4 Å². The van der Waals surface area contributed by atoms with Crippen LogP contribution < -0.4 is 16.4 Å². The molecule has 1 saturated heterocycles. The van der Waals surface area contributed by atoms with Crippen LogP contribution in [0.4, 0.5) is 4.79 Å². The molecule has 0 saturated carbocycles. The van der Waals surface area contributed by atoms with Crippen LogP contribution in [0.25, 0.3) is 11.0 Å². The minimum Gasteiger partial charge on any atom is -0.453 e. The minimum atomic E-state index is -0.711. The second kappa shape index (κ2) is 7.65. The van der Waals surface area contributed by atoms with E-state index in [0.29, 0.717) is 49.1 Å². The van der Waals surface area contributed by atoms with Crippen molar-refractivity contribution in [3.63, 3.8) is 0 Å². The van der Waals surface area contributed by atoms with Gasteiger partial charge < -0.3 is 24.5 Å². The predicted octanol–water partition coefficient (Wildman–Crippen LogP) is 0.670. The Morgan fingerprint density at radius 1 is 1.26 bits per heavy atom. The van der Waals surface area contributed by atoms with Crippen LogP contribution in [0.5, 0.6) is 0 Å². The monoisotopic (exact) mass is 374 g/mol. The number of aromatic nitrogens is 2. The highest BCUT2D eigenvalue weighted by molar-refractivity contribution is 5.97. The van der Waals surface area contributed by atoms with Gasteiger partial charge in [-0.1, -0.05) is 0 Å². The van der Waals surface area contributed by atoms with Crippen molar-refractivity contribution in [2.75, 3.05) is 20.2 Å². The molecule has 3 rings (SSSR count). The molecule has 144 valence electrons. The molecule has 1 aromatic carbocycles. The standard InChI is InChI=1S/C18H22N4O5/c1-3-22-14-5-4-11(10-13(14)20-16(24)17(22)25)15(23)19-12-6-8-21(9-7-12)18(26)27-2/h4-5,10,12H,3,6-9H2,1-2H3,(H,19,23)(H,20,24). The smallest absolute Gasteiger partial charge is 0.409 e. The summed E-state index contributed by atoms with van der Waals surface area (Å²) in [4.78, 5) is 51.9. The van der Waals surface area contributed by atoms with Gasteiger partial charge in [0, 0.05) is 31.2 Å². The molecule has 1 aliphatic rings. The zero-order valence-corrected chi connectivity index (χ0v) is 15.3. The summed E-state index contributed by atoms with van der Waals surface area (Å²) in [6.07, 6.45) is 0.918. The molecule has 0 spiro atoms. The molecule has 1 aromatic heterocycles. The normalized spacial score (nSPS) is 15.0. The Kier molecular flexibility index (Phi) is 5.29. The fraction of sp³-hybridized carbons (Fsp3) is 0.444. The first-order chi connectivity index (χ1) is 12.9. The number of aryl methyl sites for hydroxylation is 1. The number of H-pyrrole nitrogens is 1. The molecule has 9 heteroatoms. The molecule has 0 unspecified atom stereocenters. The first-order valence-corrected chi connectivity index (χ1v) is 8.85. The summed E-state index contributed by atoms with van der Waals surface area (Å²) in [5, 5.41) is 2.95. The number of aromatic amines is 1. The van der Waals surface area contributed by atoms with Gasteiger partial charge in [-0.05, 0) is 38.0 Å². The second-order valence-electron chi connectivity index (χ2n) is 6.44. The van der Waals surface area contributed by atoms with Crippen LogP contribution in [0.1, 0.15) is 30.1 Å². The van der Waals surface area contributed by atoms with Gasteiger partial charge in [0.1, 0.15) is 0 Å². The summed E-state index contributed by atoms with van der Waals surface area (Å²) in [6.45, 7) is 3.18. The number of methoxy groups -OCH3 is 1. The number of amides is 2. The molecule has 0 bridgehead atoms. The maximum absolute atomic E-state index is 12.6. The Labute approximate surface area is 154 Å². The fourth-order valence-corrected chi connectivity index (χ4v) is 3.34. The fourth-order valence-electron chi connectivity index (χ4n) is 3.34. The molecule has 0 aliphatic carbocycles. The van der Waals surface area contributed by atoms with Crippen molar-refractivity contribution in [1.29, 1.82) is 0 Å². The van der Waals surface area contributed by atoms with Crippen molar-refractivity contribution in [3.8, 4) is 0 Å². The number of nitrogens with zero attached hydrogens (tertiary/aromatic N) is 2. The number of benzene rings is 1. The van der Waals surface area contributed by atoms with Gasteiger partial charge in [-0.25, -0.2) is 4.79 Å². The number of likely N-dealkylation sites (tertiary alicyclic amines) is 1. The number of carbonyl (C=O) groups is 2. The zero-order valence-electron chi connectivity index (χ0n) is 15.3. The van der Waals surface area contributed by atoms with Crippen LogP contribution in [0.3, 0.4) is 0 Å². The van der Waals surface area contributed by atoms with E-state index in [1.165, 1.54) is 11.7 Å². The lowest BCUT2D eigenvalue weighted by molar-refractivity contribution is 0.0892. The Morgan fingerprint density at radius 2 is 1.96 bits per heavy atom. The maximum Gasteiger partial charge on any atom is 0.409 e. The van der Waals surface area contributed by atoms with Crippen molar-refractivity contribution in [1.82, 2.24) is 19.8 Å². The number of fused-ring (bicyclic) bond motifs is 1. The topological polar surface area (TPSA) is 114 Å². The first-order valence-electron chi connectivity index (χ1n) is 8.85. The lowest BCUT2D eigenvalue weighted by Gasteiger charge is -2.31. The van der Waals surface area contributed by atoms with E-state index in [9.17, 15) is 19.2 Å². The number of hydrogen-bond acceptors (Lipinski definition) is 5. The molecule has 9 nitrogen and oxygen atoms in total. The number of ether oxygens (including phenoxy) is 1. The number of piperidine rings is 1. The van der Waals surface area contributed by atoms with E-state index in [-0.39, 0.29) is 18.0 Å². The quantitative estimate of drug-likeness (QED) is 0.767. The molecule has 27 heavy (non-hydrogen) atoms. The molecular formula is C18H22N4O5. The summed E-state index contributed by atoms with van der Waals surface area (Å²) in [7, 11) is 1.35. The molecule has 2 N–H and O–H groups in total. The number of nitrogens with one attached hydrogen (secondary N) is 2. The second-order valence-corrected chi connectivity index (χ2v) is 6.44. The average molecular weight is 374 g/mol. The third kappa shape index (κ3) is 3.71. The third-order valence-electron chi connectivity index (χ3n) is 4.82. The van der Waals surface area contributed by atoms with Crippen molar-refractivity contribution < 1.29 is 14.3 Å². The highest BCUT2D eigenvalue weighted by Gasteiger charge is 2.24. The van der Waals surface area contributed by atoms with Gasteiger partial charge in [-0.2, -0.15) is 0 Å². The zero-order chi connectivity index (χ0) is 19.6. The van der Waals surface area contributed by atoms with Gasteiger partial charge in [0.15, 0.2) is 0 Å². The van der Waals surface area contributed by atoms with Crippen LogP contribution in [-0.4, -0.2) is 52.7 Å². The molecule has 2 aromatic rings. The maximum atomic E-state index is 12.6. The minimum absolute atomic E-state index is 0.0438. The Bertz CT molecular complexity index is 985. The number of rotatable bonds is 3. The van der Waals surface area contributed by atoms with Crippen molar-refractivity contribution >= 4 is 23.0 Å². The van der Waals surface area contributed by atoms with Crippen molar-refractivity contribution in [2.24, 2.45) is 0 Å². The molecule has 2 heterocycles. The summed E-state index contributed by atoms with van der Waals surface area (Å²) >= 11 is 0. The van der Waals surface area contributed by atoms with Gasteiger partial charge in [0.25, 0.3) is 5.91 Å². The van der Waals surface area contributed by atoms with Crippen molar-refractivity contribution in [3.05, 3.63) is 44.5 Å². The lowest BCUT2D eigenvalue weighted by atomic mass is 10.0. The van der Waals surface area contributed by atoms with E-state index < -0.39 is 11.1 Å². The largest absolute Gasteiger partial charge is 0.453 e. The lowest BCUT2D eigenvalue weighted by Crippen LogP contribution is -2.46. The summed E-state index contributed by atoms with van der Waals surface area (Å²) in [5.41, 5.74) is 0.0890. The molecule has 2 amide bonds. The summed E-state index contributed by atoms with van der Waals surface area (Å²) < 4.78 is 6.07. The van der Waals surface area contributed by atoms with Gasteiger partial charge in [-0.15, -0.1) is 0 Å². The van der Waals surface area contributed by atoms with E-state index in [1.807, 2.05) is 0 Å². The van der Waals surface area contributed by atoms with E-state index >= 15 is 0 Å². The van der Waals surface area contributed by atoms with Crippen molar-refractivity contribution in [2.45, 2.75) is 32.4 Å². The third-order valence-corrected chi connectivity index (χ3v) is 4.82. The molecule has 1 fully saturated rings. The van der Waals surface area contributed by atoms with Crippen LogP contribution in [-0.2, 0) is 11.3 Å². The van der Waals surface area contributed by atoms with E-state index in [4.69, 9.17) is 4.74 Å². The van der Waals surface area contributed by atoms with E-state index in [2.05, 4.69) is 10.3 Å². The number of hydrogen-bond donors (Lipinski definition) is 2. The highest BCUT2D eigenvalue weighted by atomic mass is 16.5. The van der Waals surface area contributed by atoms with Gasteiger partial charge >= 0.3 is 17.2 Å². The van der Waals surface area contributed by atoms with E-state index in [0.717, 1.165) is 0 Å². The Morgan fingerprint density at radius 3 is 2.59 bits per heavy atom. The SMILES string of the molecule is CCn1c(=O)c(=O)[nH]c2cc(C(=O)NC3CCN(C(=O)OC)CC3)ccc21. The first kappa shape index (κ1) is 18.7. The molecule has 1 aliphatic heterocycles. The average Bonchev–Trinajstić information content (AvgIpc) is 2.68. The highest BCUT2D eigenvalue weighted by Crippen LogP contribution is 2.15. The predicted molar refractivity (Wildman–Crippen MR) is 99.0 cm³/mol. The van der Waals surface area contributed by atoms with Crippen LogP contribution in [0.15, 0.2) is 27.8 Å². The van der Waals surface area contributed by atoms with Crippen LogP contribution in [0, 0.1) is 0 Å². The molecular weight excluding hydrogens is 352 g/mol. The molecule has 0 atom stereocenters. The summed E-state index contributed by atoms with van der Waals surface area (Å²) in [6, 6.07) is 4.81.